The first-order valence-corrected chi connectivity index (χ1v) is 7.99. The van der Waals surface area contributed by atoms with Gasteiger partial charge in [-0.2, -0.15) is 5.10 Å². The summed E-state index contributed by atoms with van der Waals surface area (Å²) >= 11 is 6.00. The Labute approximate surface area is 118 Å². The van der Waals surface area contributed by atoms with Crippen LogP contribution in [0.2, 0.25) is 5.15 Å². The molecule has 108 valence electrons. The number of aromatic nitrogens is 2. The predicted octanol–water partition coefficient (Wildman–Crippen LogP) is 1.67. The van der Waals surface area contributed by atoms with Gasteiger partial charge in [0, 0.05) is 7.05 Å². The van der Waals surface area contributed by atoms with E-state index < -0.39 is 15.9 Å². The van der Waals surface area contributed by atoms with Crippen LogP contribution in [-0.4, -0.2) is 29.9 Å². The molecule has 19 heavy (non-hydrogen) atoms. The van der Waals surface area contributed by atoms with Crippen LogP contribution >= 0.6 is 11.6 Å². The Morgan fingerprint density at radius 1 is 1.47 bits per heavy atom. The number of hydrogen-bond donors (Lipinski definition) is 1. The molecule has 0 saturated carbocycles. The summed E-state index contributed by atoms with van der Waals surface area (Å²) in [6.45, 7) is 5.44. The van der Waals surface area contributed by atoms with Crippen molar-refractivity contribution in [3.8, 4) is 0 Å². The van der Waals surface area contributed by atoms with Crippen molar-refractivity contribution in [2.24, 2.45) is 7.05 Å². The van der Waals surface area contributed by atoms with Crippen LogP contribution in [0.5, 0.6) is 0 Å². The maximum absolute atomic E-state index is 12.1. The molecule has 1 heterocycles. The van der Waals surface area contributed by atoms with E-state index in [0.717, 1.165) is 0 Å². The summed E-state index contributed by atoms with van der Waals surface area (Å²) in [6, 6.07) is 0. The summed E-state index contributed by atoms with van der Waals surface area (Å²) < 4.78 is 26.6. The van der Waals surface area contributed by atoms with Gasteiger partial charge < -0.3 is 0 Å². The lowest BCUT2D eigenvalue weighted by atomic mass is 10.1. The molecule has 1 N–H and O–H groups in total. The van der Waals surface area contributed by atoms with Gasteiger partial charge in [0.1, 0.15) is 10.7 Å². The molecule has 0 unspecified atom stereocenters. The van der Waals surface area contributed by atoms with Crippen molar-refractivity contribution in [2.45, 2.75) is 33.1 Å². The summed E-state index contributed by atoms with van der Waals surface area (Å²) in [6.07, 6.45) is 0.431. The van der Waals surface area contributed by atoms with Gasteiger partial charge >= 0.3 is 0 Å². The third-order valence-corrected chi connectivity index (χ3v) is 4.37. The molecule has 0 bridgehead atoms. The molecule has 0 atom stereocenters. The topological polar surface area (TPSA) is 81.1 Å². The monoisotopic (exact) mass is 307 g/mol. The minimum Gasteiger partial charge on any atom is -0.268 e. The molecule has 6 nitrogen and oxygen atoms in total. The molecule has 1 aromatic heterocycles. The predicted molar refractivity (Wildman–Crippen MR) is 73.9 cm³/mol. The summed E-state index contributed by atoms with van der Waals surface area (Å²) in [4.78, 5) is 12.1. The van der Waals surface area contributed by atoms with Crippen LogP contribution < -0.4 is 4.72 Å². The fourth-order valence-electron chi connectivity index (χ4n) is 1.65. The number of sulfonamides is 1. The van der Waals surface area contributed by atoms with Crippen LogP contribution in [0.3, 0.4) is 0 Å². The number of nitrogens with one attached hydrogen (secondary N) is 1. The standard InChI is InChI=1S/C11H18ClN3O3S/c1-5-6-19(17,18)14-11(16)8-9(7(2)3)13-15(4)10(8)12/h7H,5-6H2,1-4H3,(H,14,16). The zero-order valence-corrected chi connectivity index (χ0v) is 13.0. The van der Waals surface area contributed by atoms with Crippen molar-refractivity contribution in [1.82, 2.24) is 14.5 Å². The number of carbonyl (C=O) groups excluding carboxylic acids is 1. The van der Waals surface area contributed by atoms with E-state index in [9.17, 15) is 13.2 Å². The summed E-state index contributed by atoms with van der Waals surface area (Å²) in [7, 11) is -2.02. The molecule has 0 radical (unpaired) electrons. The van der Waals surface area contributed by atoms with Crippen molar-refractivity contribution >= 4 is 27.5 Å². The summed E-state index contributed by atoms with van der Waals surface area (Å²) in [5.74, 6) is -0.864. The number of carbonyl (C=O) groups is 1. The van der Waals surface area contributed by atoms with Gasteiger partial charge in [0.05, 0.1) is 11.4 Å². The van der Waals surface area contributed by atoms with E-state index in [0.29, 0.717) is 12.1 Å². The summed E-state index contributed by atoms with van der Waals surface area (Å²) in [5.41, 5.74) is 0.607. The van der Waals surface area contributed by atoms with Crippen molar-refractivity contribution in [3.05, 3.63) is 16.4 Å². The van der Waals surface area contributed by atoms with Gasteiger partial charge in [-0.15, -0.1) is 0 Å². The molecular formula is C11H18ClN3O3S. The Bertz CT molecular complexity index is 578. The SMILES string of the molecule is CCCS(=O)(=O)NC(=O)c1c(C(C)C)nn(C)c1Cl. The first kappa shape index (κ1) is 16.0. The molecule has 0 saturated heterocycles. The van der Waals surface area contributed by atoms with Crippen molar-refractivity contribution in [1.29, 1.82) is 0 Å². The second-order valence-corrected chi connectivity index (χ2v) is 6.78. The Balaban J connectivity index is 3.13. The highest BCUT2D eigenvalue weighted by Gasteiger charge is 2.26. The average Bonchev–Trinajstić information content (AvgIpc) is 2.54. The van der Waals surface area contributed by atoms with Gasteiger partial charge in [0.2, 0.25) is 10.0 Å². The fraction of sp³-hybridized carbons (Fsp3) is 0.636. The van der Waals surface area contributed by atoms with E-state index in [1.807, 2.05) is 18.6 Å². The molecule has 0 aliphatic heterocycles. The second kappa shape index (κ2) is 5.92. The van der Waals surface area contributed by atoms with Crippen LogP contribution in [0, 0.1) is 0 Å². The normalized spacial score (nSPS) is 11.9. The largest absolute Gasteiger partial charge is 0.269 e. The van der Waals surface area contributed by atoms with Crippen molar-refractivity contribution in [3.63, 3.8) is 0 Å². The number of nitrogens with zero attached hydrogens (tertiary/aromatic N) is 2. The maximum Gasteiger partial charge on any atom is 0.269 e. The molecule has 1 aromatic rings. The maximum atomic E-state index is 12.1. The Kier molecular flexibility index (Phi) is 4.98. The van der Waals surface area contributed by atoms with Gasteiger partial charge in [-0.05, 0) is 12.3 Å². The highest BCUT2D eigenvalue weighted by atomic mass is 35.5. The first-order valence-electron chi connectivity index (χ1n) is 5.96. The van der Waals surface area contributed by atoms with Crippen LogP contribution in [0.1, 0.15) is 49.2 Å². The zero-order valence-electron chi connectivity index (χ0n) is 11.4. The molecule has 0 spiro atoms. The van der Waals surface area contributed by atoms with Crippen LogP contribution in [0.15, 0.2) is 0 Å². The number of rotatable bonds is 5. The summed E-state index contributed by atoms with van der Waals surface area (Å²) in [5, 5.41) is 4.27. The van der Waals surface area contributed by atoms with E-state index in [1.54, 1.807) is 14.0 Å². The van der Waals surface area contributed by atoms with E-state index >= 15 is 0 Å². The molecule has 0 aliphatic carbocycles. The molecule has 1 amide bonds. The lowest BCUT2D eigenvalue weighted by Gasteiger charge is -2.07. The van der Waals surface area contributed by atoms with Gasteiger partial charge in [0.25, 0.3) is 5.91 Å². The smallest absolute Gasteiger partial charge is 0.268 e. The Morgan fingerprint density at radius 2 is 2.05 bits per heavy atom. The van der Waals surface area contributed by atoms with E-state index in [2.05, 4.69) is 5.10 Å². The van der Waals surface area contributed by atoms with Gasteiger partial charge in [-0.1, -0.05) is 32.4 Å². The molecule has 0 aromatic carbocycles. The lowest BCUT2D eigenvalue weighted by molar-refractivity contribution is 0.0980. The highest BCUT2D eigenvalue weighted by Crippen LogP contribution is 2.25. The van der Waals surface area contributed by atoms with E-state index in [-0.39, 0.29) is 22.4 Å². The molecular weight excluding hydrogens is 290 g/mol. The van der Waals surface area contributed by atoms with Crippen molar-refractivity contribution < 1.29 is 13.2 Å². The fourth-order valence-corrected chi connectivity index (χ4v) is 2.89. The Hall–Kier alpha value is -1.08. The van der Waals surface area contributed by atoms with Crippen LogP contribution in [-0.2, 0) is 17.1 Å². The average molecular weight is 308 g/mol. The van der Waals surface area contributed by atoms with E-state index in [1.165, 1.54) is 4.68 Å². The third-order valence-electron chi connectivity index (χ3n) is 2.50. The quantitative estimate of drug-likeness (QED) is 0.897. The molecule has 0 fully saturated rings. The van der Waals surface area contributed by atoms with Gasteiger partial charge in [0.15, 0.2) is 0 Å². The molecule has 8 heteroatoms. The Morgan fingerprint density at radius 3 is 2.53 bits per heavy atom. The minimum absolute atomic E-state index is 0.0340. The molecule has 0 aliphatic rings. The number of halogens is 1. The van der Waals surface area contributed by atoms with Gasteiger partial charge in [-0.25, -0.2) is 13.1 Å². The highest BCUT2D eigenvalue weighted by molar-refractivity contribution is 7.90. The molecule has 1 rings (SSSR count). The first-order chi connectivity index (χ1) is 8.69. The van der Waals surface area contributed by atoms with Crippen molar-refractivity contribution in [2.75, 3.05) is 5.75 Å². The number of hydrogen-bond acceptors (Lipinski definition) is 4. The number of aryl methyl sites for hydroxylation is 1. The van der Waals surface area contributed by atoms with Crippen LogP contribution in [0.4, 0.5) is 0 Å². The lowest BCUT2D eigenvalue weighted by Crippen LogP contribution is -2.33. The second-order valence-electron chi connectivity index (χ2n) is 4.58. The zero-order chi connectivity index (χ0) is 14.8. The third kappa shape index (κ3) is 3.70. The van der Waals surface area contributed by atoms with E-state index in [4.69, 9.17) is 11.6 Å². The van der Waals surface area contributed by atoms with Crippen LogP contribution in [0.25, 0.3) is 0 Å². The minimum atomic E-state index is -3.62. The van der Waals surface area contributed by atoms with Gasteiger partial charge in [-0.3, -0.25) is 9.48 Å². The number of amides is 1.